The zero-order valence-corrected chi connectivity index (χ0v) is 22.4. The quantitative estimate of drug-likeness (QED) is 0.159. The van der Waals surface area contributed by atoms with Crippen LogP contribution >= 0.6 is 0 Å². The van der Waals surface area contributed by atoms with Crippen molar-refractivity contribution in [3.63, 3.8) is 0 Å². The van der Waals surface area contributed by atoms with Crippen LogP contribution in [0.15, 0.2) is 128 Å². The molecular weight excluding hydrogens is 536 g/mol. The van der Waals surface area contributed by atoms with Crippen LogP contribution in [0.2, 0.25) is 0 Å². The summed E-state index contributed by atoms with van der Waals surface area (Å²) in [5.41, 5.74) is 2.42. The molecule has 0 saturated heterocycles. The molecule has 0 atom stereocenters. The van der Waals surface area contributed by atoms with E-state index in [4.69, 9.17) is 23.0 Å². The Bertz CT molecular complexity index is 1800. The largest absolute Gasteiger partial charge is 0.491 e. The van der Waals surface area contributed by atoms with Crippen LogP contribution in [0.25, 0.3) is 44.2 Å². The molecule has 0 unspecified atom stereocenters. The first-order valence-electron chi connectivity index (χ1n) is 13.3. The van der Waals surface area contributed by atoms with E-state index in [1.54, 1.807) is 36.4 Å². The smallest absolute Gasteiger partial charge is 0.344 e. The molecule has 0 aliphatic carbocycles. The van der Waals surface area contributed by atoms with Gasteiger partial charge in [-0.2, -0.15) is 0 Å². The fourth-order valence-electron chi connectivity index (χ4n) is 4.63. The van der Waals surface area contributed by atoms with Crippen LogP contribution in [0, 0.1) is 0 Å². The van der Waals surface area contributed by atoms with Gasteiger partial charge in [-0.15, -0.1) is 0 Å². The van der Waals surface area contributed by atoms with Crippen molar-refractivity contribution in [3.05, 3.63) is 130 Å². The number of hydrogen-bond donors (Lipinski definition) is 1. The van der Waals surface area contributed by atoms with Gasteiger partial charge < -0.3 is 28.2 Å². The lowest BCUT2D eigenvalue weighted by molar-refractivity contribution is -0.0792. The Hall–Kier alpha value is -5.18. The molecule has 4 aromatic carbocycles. The first-order chi connectivity index (χ1) is 20.6. The van der Waals surface area contributed by atoms with Gasteiger partial charge >= 0.3 is 11.3 Å². The van der Waals surface area contributed by atoms with Gasteiger partial charge in [0.15, 0.2) is 0 Å². The predicted molar refractivity (Wildman–Crippen MR) is 159 cm³/mol. The summed E-state index contributed by atoms with van der Waals surface area (Å²) in [5.74, 6) is 0.928. The maximum Gasteiger partial charge on any atom is 0.344 e. The third-order valence-corrected chi connectivity index (χ3v) is 6.77. The number of rotatable bonds is 10. The molecular formula is C34H26O8. The summed E-state index contributed by atoms with van der Waals surface area (Å²) >= 11 is 0. The molecule has 0 aliphatic heterocycles. The molecule has 0 spiro atoms. The third kappa shape index (κ3) is 5.95. The lowest BCUT2D eigenvalue weighted by atomic mass is 10.1. The number of hydrogen-bond acceptors (Lipinski definition) is 8. The normalized spacial score (nSPS) is 11.3. The van der Waals surface area contributed by atoms with E-state index in [1.165, 1.54) is 0 Å². The molecule has 8 heteroatoms. The fraction of sp³-hybridized carbons (Fsp3) is 0.118. The lowest BCUT2D eigenvalue weighted by Gasteiger charge is -2.18. The van der Waals surface area contributed by atoms with E-state index in [2.05, 4.69) is 0 Å². The Morgan fingerprint density at radius 1 is 0.595 bits per heavy atom. The molecule has 0 bridgehead atoms. The van der Waals surface area contributed by atoms with Crippen molar-refractivity contribution in [3.8, 4) is 33.8 Å². The van der Waals surface area contributed by atoms with Crippen LogP contribution in [0.3, 0.4) is 0 Å². The molecule has 2 aromatic heterocycles. The monoisotopic (exact) mass is 562 g/mol. The van der Waals surface area contributed by atoms with Gasteiger partial charge in [-0.05, 0) is 47.5 Å². The molecule has 6 aromatic rings. The molecule has 8 nitrogen and oxygen atoms in total. The van der Waals surface area contributed by atoms with Crippen molar-refractivity contribution in [2.24, 2.45) is 0 Å². The summed E-state index contributed by atoms with van der Waals surface area (Å²) < 4.78 is 28.3. The lowest BCUT2D eigenvalue weighted by Crippen LogP contribution is -2.29. The number of aliphatic hydroxyl groups is 1. The average Bonchev–Trinajstić information content (AvgIpc) is 3.02. The summed E-state index contributed by atoms with van der Waals surface area (Å²) in [6, 6.07) is 32.7. The molecule has 42 heavy (non-hydrogen) atoms. The van der Waals surface area contributed by atoms with Gasteiger partial charge in [-0.3, -0.25) is 0 Å². The second-order valence-corrected chi connectivity index (χ2v) is 9.57. The zero-order chi connectivity index (χ0) is 28.9. The number of aliphatic hydroxyl groups excluding tert-OH is 1. The number of fused-ring (bicyclic) bond motifs is 2. The molecule has 0 amide bonds. The highest BCUT2D eigenvalue weighted by atomic mass is 16.6. The zero-order valence-electron chi connectivity index (χ0n) is 22.4. The standard InChI is InChI=1S/C34H26O8/c35-21-40-28(19-38-26-13-11-24-15-29(22-7-3-1-4-8-22)33(36)41-31(24)17-26)20-39-27-14-12-25-16-30(23-9-5-2-6-10-23)34(37)42-32(25)18-27/h1-18,28,35H,19-21H2. The molecule has 1 N–H and O–H groups in total. The second kappa shape index (κ2) is 12.1. The van der Waals surface area contributed by atoms with Crippen molar-refractivity contribution >= 4 is 21.9 Å². The summed E-state index contributed by atoms with van der Waals surface area (Å²) in [4.78, 5) is 25.2. The fourth-order valence-corrected chi connectivity index (χ4v) is 4.63. The van der Waals surface area contributed by atoms with Crippen molar-refractivity contribution in [1.82, 2.24) is 0 Å². The molecule has 6 rings (SSSR count). The van der Waals surface area contributed by atoms with E-state index in [0.717, 1.165) is 21.9 Å². The van der Waals surface area contributed by atoms with E-state index < -0.39 is 24.1 Å². The van der Waals surface area contributed by atoms with Gasteiger partial charge in [0.2, 0.25) is 0 Å². The third-order valence-electron chi connectivity index (χ3n) is 6.77. The van der Waals surface area contributed by atoms with Crippen molar-refractivity contribution in [2.45, 2.75) is 6.10 Å². The highest BCUT2D eigenvalue weighted by Gasteiger charge is 2.14. The maximum absolute atomic E-state index is 12.6. The minimum absolute atomic E-state index is 0.0570. The average molecular weight is 563 g/mol. The first-order valence-corrected chi connectivity index (χ1v) is 13.3. The first kappa shape index (κ1) is 27.0. The molecule has 0 aliphatic rings. The van der Waals surface area contributed by atoms with E-state index in [-0.39, 0.29) is 13.2 Å². The number of benzene rings is 4. The molecule has 2 heterocycles. The van der Waals surface area contributed by atoms with Crippen LogP contribution in [0.5, 0.6) is 11.5 Å². The minimum atomic E-state index is -0.624. The molecule has 0 radical (unpaired) electrons. The van der Waals surface area contributed by atoms with Gasteiger partial charge in [0.1, 0.15) is 48.8 Å². The van der Waals surface area contributed by atoms with Crippen LogP contribution in [-0.2, 0) is 4.74 Å². The van der Waals surface area contributed by atoms with E-state index in [9.17, 15) is 14.7 Å². The van der Waals surface area contributed by atoms with Gasteiger partial charge in [0, 0.05) is 22.9 Å². The van der Waals surface area contributed by atoms with E-state index in [0.29, 0.717) is 33.8 Å². The highest BCUT2D eigenvalue weighted by Crippen LogP contribution is 2.26. The summed E-state index contributed by atoms with van der Waals surface area (Å²) in [7, 11) is 0. The van der Waals surface area contributed by atoms with Crippen molar-refractivity contribution < 1.29 is 28.2 Å². The topological polar surface area (TPSA) is 108 Å². The summed E-state index contributed by atoms with van der Waals surface area (Å²) in [6.07, 6.45) is -0.624. The maximum atomic E-state index is 12.6. The van der Waals surface area contributed by atoms with Crippen LogP contribution < -0.4 is 20.7 Å². The Labute approximate surface area is 239 Å². The Balaban J connectivity index is 1.13. The highest BCUT2D eigenvalue weighted by molar-refractivity contribution is 5.83. The SMILES string of the molecule is O=c1oc2cc(OCC(COc3ccc4cc(-c5ccccc5)c(=O)oc4c3)OCO)ccc2cc1-c1ccccc1. The van der Waals surface area contributed by atoms with Crippen LogP contribution in [0.4, 0.5) is 0 Å². The Kier molecular flexibility index (Phi) is 7.81. The van der Waals surface area contributed by atoms with Gasteiger partial charge in [-0.1, -0.05) is 60.7 Å². The van der Waals surface area contributed by atoms with Crippen LogP contribution in [-0.4, -0.2) is 31.2 Å². The van der Waals surface area contributed by atoms with E-state index in [1.807, 2.05) is 72.8 Å². The van der Waals surface area contributed by atoms with Gasteiger partial charge in [-0.25, -0.2) is 9.59 Å². The molecule has 0 saturated carbocycles. The minimum Gasteiger partial charge on any atom is -0.491 e. The second-order valence-electron chi connectivity index (χ2n) is 9.57. The van der Waals surface area contributed by atoms with E-state index >= 15 is 0 Å². The predicted octanol–water partition coefficient (Wildman–Crippen LogP) is 6.03. The van der Waals surface area contributed by atoms with Gasteiger partial charge in [0.05, 0.1) is 11.1 Å². The summed E-state index contributed by atoms with van der Waals surface area (Å²) in [5, 5.41) is 10.9. The van der Waals surface area contributed by atoms with Crippen molar-refractivity contribution in [2.75, 3.05) is 20.0 Å². The Morgan fingerprint density at radius 3 is 1.48 bits per heavy atom. The van der Waals surface area contributed by atoms with Crippen molar-refractivity contribution in [1.29, 1.82) is 0 Å². The molecule has 0 fully saturated rings. The number of ether oxygens (including phenoxy) is 3. The van der Waals surface area contributed by atoms with Crippen LogP contribution in [0.1, 0.15) is 0 Å². The van der Waals surface area contributed by atoms with Gasteiger partial charge in [0.25, 0.3) is 0 Å². The molecule has 210 valence electrons. The Morgan fingerprint density at radius 2 is 1.05 bits per heavy atom. The summed E-state index contributed by atoms with van der Waals surface area (Å²) in [6.45, 7) is -0.413.